The molecule has 0 aromatic carbocycles. The zero-order valence-electron chi connectivity index (χ0n) is 7.89. The number of carbonyl (C=O) groups is 1. The van der Waals surface area contributed by atoms with Crippen molar-refractivity contribution in [3.8, 4) is 0 Å². The summed E-state index contributed by atoms with van der Waals surface area (Å²) in [5.41, 5.74) is -0.665. The van der Waals surface area contributed by atoms with Crippen LogP contribution in [0.3, 0.4) is 0 Å². The van der Waals surface area contributed by atoms with E-state index >= 15 is 0 Å². The van der Waals surface area contributed by atoms with Gasteiger partial charge in [-0.1, -0.05) is 0 Å². The van der Waals surface area contributed by atoms with Crippen LogP contribution in [0.5, 0.6) is 0 Å². The van der Waals surface area contributed by atoms with Gasteiger partial charge < -0.3 is 15.0 Å². The van der Waals surface area contributed by atoms with Crippen LogP contribution < -0.4 is 5.32 Å². The molecule has 1 aliphatic heterocycles. The summed E-state index contributed by atoms with van der Waals surface area (Å²) < 4.78 is 5.43. The van der Waals surface area contributed by atoms with E-state index < -0.39 is 5.60 Å². The second kappa shape index (κ2) is 3.41. The van der Waals surface area contributed by atoms with Crippen LogP contribution in [0, 0.1) is 0 Å². The molecule has 1 heterocycles. The van der Waals surface area contributed by atoms with Crippen molar-refractivity contribution in [3.63, 3.8) is 0 Å². The van der Waals surface area contributed by atoms with E-state index in [9.17, 15) is 4.79 Å². The maximum absolute atomic E-state index is 11.6. The van der Waals surface area contributed by atoms with Crippen LogP contribution in [-0.2, 0) is 9.53 Å². The molecule has 1 aliphatic rings. The van der Waals surface area contributed by atoms with Gasteiger partial charge in [0.05, 0.1) is 6.61 Å². The third kappa shape index (κ3) is 1.76. The number of rotatable bonds is 1. The second-order valence-corrected chi connectivity index (χ2v) is 3.46. The van der Waals surface area contributed by atoms with Crippen LogP contribution in [0.15, 0.2) is 0 Å². The van der Waals surface area contributed by atoms with Crippen LogP contribution in [0.4, 0.5) is 0 Å². The van der Waals surface area contributed by atoms with Crippen molar-refractivity contribution in [2.75, 3.05) is 33.8 Å². The van der Waals surface area contributed by atoms with E-state index in [4.69, 9.17) is 4.74 Å². The zero-order chi connectivity index (χ0) is 9.19. The predicted molar refractivity (Wildman–Crippen MR) is 45.9 cm³/mol. The van der Waals surface area contributed by atoms with E-state index in [1.54, 1.807) is 19.0 Å². The molecule has 1 atom stereocenters. The first-order chi connectivity index (χ1) is 5.56. The lowest BCUT2D eigenvalue weighted by molar-refractivity contribution is -0.156. The van der Waals surface area contributed by atoms with Gasteiger partial charge in [-0.05, 0) is 6.92 Å². The average Bonchev–Trinajstić information content (AvgIpc) is 2.04. The van der Waals surface area contributed by atoms with Crippen molar-refractivity contribution in [2.45, 2.75) is 12.5 Å². The third-order valence-corrected chi connectivity index (χ3v) is 2.02. The van der Waals surface area contributed by atoms with Crippen molar-refractivity contribution < 1.29 is 9.53 Å². The Labute approximate surface area is 72.9 Å². The average molecular weight is 172 g/mol. The maximum Gasteiger partial charge on any atom is 0.255 e. The van der Waals surface area contributed by atoms with Gasteiger partial charge in [-0.25, -0.2) is 0 Å². The highest BCUT2D eigenvalue weighted by Crippen LogP contribution is 2.14. The van der Waals surface area contributed by atoms with Gasteiger partial charge in [-0.15, -0.1) is 0 Å². The lowest BCUT2D eigenvalue weighted by atomic mass is 10.0. The number of amides is 1. The molecule has 0 bridgehead atoms. The van der Waals surface area contributed by atoms with Crippen molar-refractivity contribution in [1.29, 1.82) is 0 Å². The van der Waals surface area contributed by atoms with Crippen LogP contribution in [-0.4, -0.2) is 50.2 Å². The quantitative estimate of drug-likeness (QED) is 0.577. The molecule has 0 unspecified atom stereocenters. The molecule has 1 saturated heterocycles. The minimum absolute atomic E-state index is 0.0229. The first-order valence-electron chi connectivity index (χ1n) is 4.13. The number of nitrogens with one attached hydrogen (secondary N) is 1. The fourth-order valence-corrected chi connectivity index (χ4v) is 1.34. The van der Waals surface area contributed by atoms with Crippen LogP contribution in [0.2, 0.25) is 0 Å². The van der Waals surface area contributed by atoms with Gasteiger partial charge in [-0.2, -0.15) is 0 Å². The SMILES string of the molecule is CN(C)C(=O)[C@]1(C)CNCCO1. The molecule has 0 radical (unpaired) electrons. The lowest BCUT2D eigenvalue weighted by Crippen LogP contribution is -2.56. The molecular weight excluding hydrogens is 156 g/mol. The Morgan fingerprint density at radius 2 is 2.25 bits per heavy atom. The Hall–Kier alpha value is -0.610. The van der Waals surface area contributed by atoms with Gasteiger partial charge in [0.1, 0.15) is 0 Å². The van der Waals surface area contributed by atoms with Crippen LogP contribution in [0.25, 0.3) is 0 Å². The maximum atomic E-state index is 11.6. The third-order valence-electron chi connectivity index (χ3n) is 2.02. The smallest absolute Gasteiger partial charge is 0.255 e. The fraction of sp³-hybridized carbons (Fsp3) is 0.875. The Morgan fingerprint density at radius 3 is 2.67 bits per heavy atom. The monoisotopic (exact) mass is 172 g/mol. The van der Waals surface area contributed by atoms with Crippen molar-refractivity contribution >= 4 is 5.91 Å². The van der Waals surface area contributed by atoms with Crippen LogP contribution >= 0.6 is 0 Å². The molecule has 70 valence electrons. The van der Waals surface area contributed by atoms with E-state index in [1.165, 1.54) is 0 Å². The van der Waals surface area contributed by atoms with E-state index in [-0.39, 0.29) is 5.91 Å². The van der Waals surface area contributed by atoms with Crippen molar-refractivity contribution in [2.24, 2.45) is 0 Å². The molecular formula is C8H16N2O2. The summed E-state index contributed by atoms with van der Waals surface area (Å²) in [6.45, 7) is 3.86. The summed E-state index contributed by atoms with van der Waals surface area (Å²) in [4.78, 5) is 13.1. The van der Waals surface area contributed by atoms with Gasteiger partial charge >= 0.3 is 0 Å². The number of likely N-dealkylation sites (N-methyl/N-ethyl adjacent to an activating group) is 1. The first kappa shape index (κ1) is 9.48. The van der Waals surface area contributed by atoms with E-state index in [2.05, 4.69) is 5.32 Å². The molecule has 1 amide bonds. The summed E-state index contributed by atoms with van der Waals surface area (Å²) in [5, 5.41) is 3.14. The first-order valence-corrected chi connectivity index (χ1v) is 4.13. The summed E-state index contributed by atoms with van der Waals surface area (Å²) in [6.07, 6.45) is 0. The van der Waals surface area contributed by atoms with E-state index in [0.717, 1.165) is 6.54 Å². The number of hydrogen-bond acceptors (Lipinski definition) is 3. The number of nitrogens with zero attached hydrogens (tertiary/aromatic N) is 1. The molecule has 0 spiro atoms. The molecule has 1 fully saturated rings. The van der Waals surface area contributed by atoms with E-state index in [0.29, 0.717) is 13.2 Å². The lowest BCUT2D eigenvalue weighted by Gasteiger charge is -2.34. The Kier molecular flexibility index (Phi) is 2.69. The normalized spacial score (nSPS) is 29.9. The minimum Gasteiger partial charge on any atom is -0.363 e. The Bertz CT molecular complexity index is 174. The van der Waals surface area contributed by atoms with Crippen LogP contribution in [0.1, 0.15) is 6.92 Å². The van der Waals surface area contributed by atoms with Gasteiger partial charge in [0.2, 0.25) is 0 Å². The molecule has 0 saturated carbocycles. The zero-order valence-corrected chi connectivity index (χ0v) is 7.89. The highest BCUT2D eigenvalue weighted by molar-refractivity contribution is 5.84. The number of morpholine rings is 1. The number of ether oxygens (including phenoxy) is 1. The van der Waals surface area contributed by atoms with Gasteiger partial charge in [-0.3, -0.25) is 4.79 Å². The molecule has 4 nitrogen and oxygen atoms in total. The predicted octanol–water partition coefficient (Wildman–Crippen LogP) is -0.547. The summed E-state index contributed by atoms with van der Waals surface area (Å²) in [5.74, 6) is 0.0229. The molecule has 4 heteroatoms. The fourth-order valence-electron chi connectivity index (χ4n) is 1.34. The van der Waals surface area contributed by atoms with Gasteiger partial charge in [0.15, 0.2) is 5.60 Å². The molecule has 0 aromatic heterocycles. The highest BCUT2D eigenvalue weighted by atomic mass is 16.5. The number of hydrogen-bond donors (Lipinski definition) is 1. The Morgan fingerprint density at radius 1 is 1.58 bits per heavy atom. The minimum atomic E-state index is -0.665. The Balaban J connectivity index is 2.62. The second-order valence-electron chi connectivity index (χ2n) is 3.46. The molecule has 0 aromatic rings. The van der Waals surface area contributed by atoms with Crippen molar-refractivity contribution in [1.82, 2.24) is 10.2 Å². The number of carbonyl (C=O) groups excluding carboxylic acids is 1. The summed E-state index contributed by atoms with van der Waals surface area (Å²) in [6, 6.07) is 0. The molecule has 1 rings (SSSR count). The molecule has 1 N–H and O–H groups in total. The highest BCUT2D eigenvalue weighted by Gasteiger charge is 2.36. The topological polar surface area (TPSA) is 41.6 Å². The van der Waals surface area contributed by atoms with Gasteiger partial charge in [0.25, 0.3) is 5.91 Å². The largest absolute Gasteiger partial charge is 0.363 e. The van der Waals surface area contributed by atoms with Crippen molar-refractivity contribution in [3.05, 3.63) is 0 Å². The standard InChI is InChI=1S/C8H16N2O2/c1-8(7(11)10(2)3)6-9-4-5-12-8/h9H,4-6H2,1-3H3/t8-/m0/s1. The summed E-state index contributed by atoms with van der Waals surface area (Å²) >= 11 is 0. The molecule has 0 aliphatic carbocycles. The van der Waals surface area contributed by atoms with Gasteiger partial charge in [0, 0.05) is 27.2 Å². The van der Waals surface area contributed by atoms with E-state index in [1.807, 2.05) is 6.92 Å². The summed E-state index contributed by atoms with van der Waals surface area (Å²) in [7, 11) is 3.48. The molecule has 12 heavy (non-hydrogen) atoms.